The molecule has 4 aromatic rings. The lowest BCUT2D eigenvalue weighted by Crippen LogP contribution is -2.22. The minimum absolute atomic E-state index is 0.0693. The molecule has 0 aliphatic heterocycles. The van der Waals surface area contributed by atoms with Crippen LogP contribution < -0.4 is 5.32 Å². The number of nitrogens with one attached hydrogen (secondary N) is 3. The number of H-pyrrole nitrogens is 2. The molecule has 0 saturated heterocycles. The van der Waals surface area contributed by atoms with E-state index in [9.17, 15) is 0 Å². The third kappa shape index (κ3) is 5.91. The highest BCUT2D eigenvalue weighted by atomic mass is 15.1. The van der Waals surface area contributed by atoms with Crippen molar-refractivity contribution in [1.29, 1.82) is 0 Å². The van der Waals surface area contributed by atoms with Crippen LogP contribution in [0.1, 0.15) is 50.3 Å². The van der Waals surface area contributed by atoms with E-state index >= 15 is 0 Å². The van der Waals surface area contributed by atoms with Crippen LogP contribution >= 0.6 is 0 Å². The van der Waals surface area contributed by atoms with Gasteiger partial charge in [-0.3, -0.25) is 10.1 Å². The first-order valence-corrected chi connectivity index (χ1v) is 12.9. The lowest BCUT2D eigenvalue weighted by molar-refractivity contribution is 0.478. The summed E-state index contributed by atoms with van der Waals surface area (Å²) in [5, 5.41) is 12.2. The molecule has 0 aliphatic rings. The highest BCUT2D eigenvalue weighted by Gasteiger charge is 2.19. The lowest BCUT2D eigenvalue weighted by Gasteiger charge is -2.24. The third-order valence-corrected chi connectivity index (χ3v) is 6.53. The van der Waals surface area contributed by atoms with Crippen LogP contribution in [0.5, 0.6) is 0 Å². The Bertz CT molecular complexity index is 1620. The fourth-order valence-electron chi connectivity index (χ4n) is 4.14. The van der Waals surface area contributed by atoms with E-state index in [0.29, 0.717) is 5.82 Å². The molecule has 0 aliphatic carbocycles. The van der Waals surface area contributed by atoms with Crippen molar-refractivity contribution in [3.05, 3.63) is 127 Å². The van der Waals surface area contributed by atoms with Gasteiger partial charge in [-0.25, -0.2) is 4.98 Å². The van der Waals surface area contributed by atoms with Gasteiger partial charge in [0.25, 0.3) is 0 Å². The summed E-state index contributed by atoms with van der Waals surface area (Å²) in [6.45, 7) is 22.5. The van der Waals surface area contributed by atoms with E-state index in [1.807, 2.05) is 50.3 Å². The molecule has 6 nitrogen and oxygen atoms in total. The first-order chi connectivity index (χ1) is 18.7. The fourth-order valence-corrected chi connectivity index (χ4v) is 4.14. The van der Waals surface area contributed by atoms with Crippen molar-refractivity contribution in [1.82, 2.24) is 30.5 Å². The molecule has 0 radical (unpaired) electrons. The normalized spacial score (nSPS) is 13.0. The molecule has 0 amide bonds. The molecular weight excluding hydrogens is 480 g/mol. The second kappa shape index (κ2) is 11.4. The van der Waals surface area contributed by atoms with E-state index in [2.05, 4.69) is 90.3 Å². The molecule has 3 aromatic heterocycles. The van der Waals surface area contributed by atoms with Crippen molar-refractivity contribution in [3.63, 3.8) is 0 Å². The summed E-state index contributed by atoms with van der Waals surface area (Å²) in [6, 6.07) is 12.1. The maximum Gasteiger partial charge on any atom is 0.159 e. The summed E-state index contributed by atoms with van der Waals surface area (Å²) in [4.78, 5) is 12.9. The second-order valence-corrected chi connectivity index (χ2v) is 10.3. The van der Waals surface area contributed by atoms with Gasteiger partial charge in [0.1, 0.15) is 5.69 Å². The zero-order valence-corrected chi connectivity index (χ0v) is 23.4. The summed E-state index contributed by atoms with van der Waals surface area (Å²) in [5.41, 5.74) is 9.00. The van der Waals surface area contributed by atoms with Gasteiger partial charge >= 0.3 is 0 Å². The SMILES string of the molecule is C=C/C=C(/c1ccccn1)c1nc(-c2n[nH]c3ccc(C(/C=C(\C=C)NC(=C)C(C)(C)C)=C/C)cc23)[nH]c1C. The number of hydrogen-bond acceptors (Lipinski definition) is 4. The predicted octanol–water partition coefficient (Wildman–Crippen LogP) is 7.90. The van der Waals surface area contributed by atoms with Gasteiger partial charge in [-0.2, -0.15) is 5.10 Å². The number of imidazole rings is 1. The third-order valence-electron chi connectivity index (χ3n) is 6.53. The Hall–Kier alpha value is -4.71. The van der Waals surface area contributed by atoms with Crippen LogP contribution in [0.4, 0.5) is 0 Å². The zero-order chi connectivity index (χ0) is 28.2. The van der Waals surface area contributed by atoms with Gasteiger partial charge in [-0.15, -0.1) is 0 Å². The summed E-state index contributed by atoms with van der Waals surface area (Å²) in [7, 11) is 0. The van der Waals surface area contributed by atoms with Crippen LogP contribution in [0.3, 0.4) is 0 Å². The number of hydrogen-bond donors (Lipinski definition) is 3. The van der Waals surface area contributed by atoms with Gasteiger partial charge in [0.05, 0.1) is 16.9 Å². The molecule has 1 aromatic carbocycles. The minimum Gasteiger partial charge on any atom is -0.359 e. The van der Waals surface area contributed by atoms with Crippen molar-refractivity contribution in [2.75, 3.05) is 0 Å². The molecule has 4 rings (SSSR count). The molecule has 39 heavy (non-hydrogen) atoms. The molecule has 0 fully saturated rings. The number of rotatable bonds is 9. The Kier molecular flexibility index (Phi) is 7.96. The molecule has 3 heterocycles. The van der Waals surface area contributed by atoms with Crippen molar-refractivity contribution < 1.29 is 0 Å². The average Bonchev–Trinajstić information content (AvgIpc) is 3.52. The standard InChI is InChI=1S/C33H36N6/c1-9-14-26(28-15-12-13-18-34-28)30-21(4)35-32(37-30)31-27-20-24(16-17-29(27)38-39-31)23(10-2)19-25(11-3)36-22(5)33(6,7)8/h9-20,36H,1,3,5H2,2,4,6-8H3,(H,35,37)(H,38,39)/b23-10+,25-19+,26-14-. The van der Waals surface area contributed by atoms with Crippen molar-refractivity contribution in [2.45, 2.75) is 34.6 Å². The monoisotopic (exact) mass is 516 g/mol. The summed E-state index contributed by atoms with van der Waals surface area (Å²) in [6.07, 6.45) is 11.4. The predicted molar refractivity (Wildman–Crippen MR) is 164 cm³/mol. The number of nitrogens with zero attached hydrogens (tertiary/aromatic N) is 3. The molecule has 6 heteroatoms. The van der Waals surface area contributed by atoms with Gasteiger partial charge in [0.2, 0.25) is 0 Å². The largest absolute Gasteiger partial charge is 0.359 e. The van der Waals surface area contributed by atoms with Crippen LogP contribution in [-0.4, -0.2) is 25.1 Å². The second-order valence-electron chi connectivity index (χ2n) is 10.3. The molecule has 0 saturated carbocycles. The summed E-state index contributed by atoms with van der Waals surface area (Å²) in [5.74, 6) is 0.685. The summed E-state index contributed by atoms with van der Waals surface area (Å²) >= 11 is 0. The Balaban J connectivity index is 1.74. The number of benzene rings is 1. The molecule has 0 bridgehead atoms. The Morgan fingerprint density at radius 2 is 1.90 bits per heavy atom. The van der Waals surface area contributed by atoms with Gasteiger partial charge in [-0.05, 0) is 61.4 Å². The van der Waals surface area contributed by atoms with E-state index in [4.69, 9.17) is 4.98 Å². The van der Waals surface area contributed by atoms with Crippen LogP contribution in [-0.2, 0) is 0 Å². The molecule has 0 atom stereocenters. The highest BCUT2D eigenvalue weighted by Crippen LogP contribution is 2.31. The van der Waals surface area contributed by atoms with Crippen LogP contribution in [0, 0.1) is 12.3 Å². The van der Waals surface area contributed by atoms with Crippen molar-refractivity contribution >= 4 is 22.0 Å². The van der Waals surface area contributed by atoms with E-state index in [0.717, 1.165) is 61.8 Å². The smallest absolute Gasteiger partial charge is 0.159 e. The van der Waals surface area contributed by atoms with Gasteiger partial charge in [0, 0.05) is 39.7 Å². The number of pyridine rings is 1. The van der Waals surface area contributed by atoms with Gasteiger partial charge in [-0.1, -0.05) is 70.9 Å². The average molecular weight is 517 g/mol. The summed E-state index contributed by atoms with van der Waals surface area (Å²) < 4.78 is 0. The van der Waals surface area contributed by atoms with Crippen LogP contribution in [0.15, 0.2) is 104 Å². The van der Waals surface area contributed by atoms with E-state index in [-0.39, 0.29) is 5.41 Å². The molecule has 198 valence electrons. The lowest BCUT2D eigenvalue weighted by atomic mass is 9.92. The Morgan fingerprint density at radius 3 is 2.54 bits per heavy atom. The highest BCUT2D eigenvalue weighted by molar-refractivity contribution is 5.95. The number of aryl methyl sites for hydroxylation is 1. The molecular formula is C33H36N6. The topological polar surface area (TPSA) is 82.3 Å². The number of aromatic amines is 2. The first kappa shape index (κ1) is 27.3. The Morgan fingerprint density at radius 1 is 1.10 bits per heavy atom. The fraction of sp³-hybridized carbons (Fsp3) is 0.182. The zero-order valence-electron chi connectivity index (χ0n) is 23.4. The number of fused-ring (bicyclic) bond motifs is 1. The van der Waals surface area contributed by atoms with Gasteiger partial charge < -0.3 is 10.3 Å². The maximum absolute atomic E-state index is 4.96. The molecule has 0 spiro atoms. The number of allylic oxidation sites excluding steroid dienone is 7. The quantitative estimate of drug-likeness (QED) is 0.198. The van der Waals surface area contributed by atoms with E-state index in [1.165, 1.54) is 0 Å². The number of aromatic nitrogens is 5. The van der Waals surface area contributed by atoms with E-state index in [1.54, 1.807) is 12.3 Å². The Labute approximate surface area is 230 Å². The molecule has 0 unspecified atom stereocenters. The van der Waals surface area contributed by atoms with Crippen molar-refractivity contribution in [3.8, 4) is 11.5 Å². The first-order valence-electron chi connectivity index (χ1n) is 12.9. The van der Waals surface area contributed by atoms with Crippen molar-refractivity contribution in [2.24, 2.45) is 5.41 Å². The maximum atomic E-state index is 4.96. The van der Waals surface area contributed by atoms with Crippen LogP contribution in [0.2, 0.25) is 0 Å². The van der Waals surface area contributed by atoms with Crippen LogP contribution in [0.25, 0.3) is 33.6 Å². The van der Waals surface area contributed by atoms with E-state index < -0.39 is 0 Å². The molecule has 3 N–H and O–H groups in total. The minimum atomic E-state index is -0.0693. The van der Waals surface area contributed by atoms with Gasteiger partial charge in [0.15, 0.2) is 5.82 Å².